The Balaban J connectivity index is 1.56. The molecule has 0 aliphatic heterocycles. The number of hydrogen-bond donors (Lipinski definition) is 2. The van der Waals surface area contributed by atoms with Gasteiger partial charge in [-0.1, -0.05) is 42.5 Å². The Hall–Kier alpha value is -3.87. The average molecular weight is 405 g/mol. The van der Waals surface area contributed by atoms with Crippen molar-refractivity contribution < 1.29 is 19.1 Å². The molecule has 2 aromatic carbocycles. The van der Waals surface area contributed by atoms with E-state index in [0.717, 1.165) is 0 Å². The molecule has 0 saturated heterocycles. The summed E-state index contributed by atoms with van der Waals surface area (Å²) in [5, 5.41) is 5.37. The van der Waals surface area contributed by atoms with E-state index in [1.807, 2.05) is 36.4 Å². The third-order valence-corrected chi connectivity index (χ3v) is 4.10. The van der Waals surface area contributed by atoms with Crippen LogP contribution in [0.4, 0.5) is 11.6 Å². The minimum atomic E-state index is -0.716. The lowest BCUT2D eigenvalue weighted by molar-refractivity contribution is -0.122. The summed E-state index contributed by atoms with van der Waals surface area (Å²) in [5.74, 6) is 1.10. The maximum Gasteiger partial charge on any atom is 0.266 e. The zero-order valence-electron chi connectivity index (χ0n) is 16.7. The first-order valence-electron chi connectivity index (χ1n) is 9.53. The lowest BCUT2D eigenvalue weighted by atomic mass is 10.3. The molecule has 2 atom stereocenters. The summed E-state index contributed by atoms with van der Waals surface area (Å²) in [6.07, 6.45) is -1.43. The van der Waals surface area contributed by atoms with E-state index in [1.165, 1.54) is 0 Å². The van der Waals surface area contributed by atoms with Crippen LogP contribution in [-0.4, -0.2) is 29.0 Å². The van der Waals surface area contributed by atoms with E-state index in [-0.39, 0.29) is 11.8 Å². The average Bonchev–Trinajstić information content (AvgIpc) is 2.75. The van der Waals surface area contributed by atoms with E-state index < -0.39 is 12.2 Å². The molecule has 154 valence electrons. The number of benzene rings is 2. The molecule has 0 aliphatic rings. The number of nitrogens with zero attached hydrogens (tertiary/aromatic N) is 1. The molecule has 2 amide bonds. The van der Waals surface area contributed by atoms with Gasteiger partial charge in [-0.25, -0.2) is 4.98 Å². The molecule has 1 aromatic heterocycles. The maximum atomic E-state index is 12.4. The zero-order chi connectivity index (χ0) is 21.3. The van der Waals surface area contributed by atoms with Crippen molar-refractivity contribution >= 4 is 23.5 Å². The lowest BCUT2D eigenvalue weighted by Gasteiger charge is -2.16. The number of rotatable bonds is 8. The first-order chi connectivity index (χ1) is 14.5. The van der Waals surface area contributed by atoms with Crippen molar-refractivity contribution in [2.24, 2.45) is 0 Å². The van der Waals surface area contributed by atoms with Gasteiger partial charge in [-0.2, -0.15) is 0 Å². The van der Waals surface area contributed by atoms with Gasteiger partial charge in [-0.3, -0.25) is 9.59 Å². The number of hydrogen-bond acceptors (Lipinski definition) is 5. The SMILES string of the molecule is C[C@H](Oc1ccccc1)C(=O)Nc1cccc(NC(=O)[C@@H](C)Oc2ccccc2)n1. The van der Waals surface area contributed by atoms with Gasteiger partial charge in [0.2, 0.25) is 0 Å². The van der Waals surface area contributed by atoms with Crippen LogP contribution in [0.15, 0.2) is 78.9 Å². The first kappa shape index (κ1) is 20.9. The van der Waals surface area contributed by atoms with E-state index in [0.29, 0.717) is 23.1 Å². The molecule has 0 fully saturated rings. The molecule has 2 N–H and O–H groups in total. The fraction of sp³-hybridized carbons (Fsp3) is 0.174. The number of amides is 2. The summed E-state index contributed by atoms with van der Waals surface area (Å²) in [6, 6.07) is 23.1. The van der Waals surface area contributed by atoms with Crippen molar-refractivity contribution in [1.82, 2.24) is 4.98 Å². The topological polar surface area (TPSA) is 89.6 Å². The molecule has 0 radical (unpaired) electrons. The van der Waals surface area contributed by atoms with Gasteiger partial charge in [0.1, 0.15) is 23.1 Å². The first-order valence-corrected chi connectivity index (χ1v) is 9.53. The molecule has 1 heterocycles. The van der Waals surface area contributed by atoms with Gasteiger partial charge in [0.05, 0.1) is 0 Å². The summed E-state index contributed by atoms with van der Waals surface area (Å²) >= 11 is 0. The second-order valence-corrected chi connectivity index (χ2v) is 6.53. The Morgan fingerprint density at radius 2 is 1.07 bits per heavy atom. The van der Waals surface area contributed by atoms with Crippen LogP contribution in [0, 0.1) is 0 Å². The predicted molar refractivity (Wildman–Crippen MR) is 115 cm³/mol. The largest absolute Gasteiger partial charge is 0.481 e. The zero-order valence-corrected chi connectivity index (χ0v) is 16.7. The lowest BCUT2D eigenvalue weighted by Crippen LogP contribution is -2.31. The predicted octanol–water partition coefficient (Wildman–Crippen LogP) is 3.89. The number of nitrogens with one attached hydrogen (secondary N) is 2. The minimum absolute atomic E-state index is 0.304. The van der Waals surface area contributed by atoms with Crippen LogP contribution in [0.3, 0.4) is 0 Å². The molecule has 3 aromatic rings. The second kappa shape index (κ2) is 10.1. The highest BCUT2D eigenvalue weighted by Gasteiger charge is 2.17. The Bertz CT molecular complexity index is 903. The maximum absolute atomic E-state index is 12.4. The number of anilines is 2. The molecule has 7 heteroatoms. The Kier molecular flexibility index (Phi) is 7.00. The van der Waals surface area contributed by atoms with E-state index in [9.17, 15) is 9.59 Å². The molecule has 7 nitrogen and oxygen atoms in total. The molecular weight excluding hydrogens is 382 g/mol. The minimum Gasteiger partial charge on any atom is -0.481 e. The highest BCUT2D eigenvalue weighted by molar-refractivity contribution is 5.95. The Morgan fingerprint density at radius 1 is 0.667 bits per heavy atom. The van der Waals surface area contributed by atoms with Crippen molar-refractivity contribution in [3.63, 3.8) is 0 Å². The van der Waals surface area contributed by atoms with Crippen LogP contribution in [0.1, 0.15) is 13.8 Å². The Labute approximate surface area is 175 Å². The molecule has 3 rings (SSSR count). The normalized spacial score (nSPS) is 12.3. The fourth-order valence-corrected chi connectivity index (χ4v) is 2.54. The molecule has 0 aliphatic carbocycles. The highest BCUT2D eigenvalue weighted by Crippen LogP contribution is 2.15. The quantitative estimate of drug-likeness (QED) is 0.593. The van der Waals surface area contributed by atoms with Gasteiger partial charge in [-0.15, -0.1) is 0 Å². The number of aromatic nitrogens is 1. The number of carbonyl (C=O) groups is 2. The van der Waals surface area contributed by atoms with E-state index in [2.05, 4.69) is 15.6 Å². The van der Waals surface area contributed by atoms with E-state index in [1.54, 1.807) is 56.3 Å². The van der Waals surface area contributed by atoms with Crippen molar-refractivity contribution in [2.75, 3.05) is 10.6 Å². The Morgan fingerprint density at radius 3 is 1.47 bits per heavy atom. The van der Waals surface area contributed by atoms with Crippen LogP contribution in [-0.2, 0) is 9.59 Å². The molecule has 0 bridgehead atoms. The van der Waals surface area contributed by atoms with Crippen molar-refractivity contribution in [1.29, 1.82) is 0 Å². The van der Waals surface area contributed by atoms with Crippen LogP contribution in [0.5, 0.6) is 11.5 Å². The summed E-state index contributed by atoms with van der Waals surface area (Å²) in [4.78, 5) is 29.0. The van der Waals surface area contributed by atoms with Crippen molar-refractivity contribution in [2.45, 2.75) is 26.1 Å². The summed E-state index contributed by atoms with van der Waals surface area (Å²) in [7, 11) is 0. The summed E-state index contributed by atoms with van der Waals surface area (Å²) in [5.41, 5.74) is 0. The standard InChI is InChI=1S/C23H23N3O4/c1-16(29-18-10-5-3-6-11-18)22(27)25-20-14-9-15-21(24-20)26-23(28)17(2)30-19-12-7-4-8-13-19/h3-17H,1-2H3,(H2,24,25,26,27,28)/t16-,17+. The van der Waals surface area contributed by atoms with Crippen LogP contribution in [0.2, 0.25) is 0 Å². The van der Waals surface area contributed by atoms with Gasteiger partial charge in [0, 0.05) is 0 Å². The molecular formula is C23H23N3O4. The summed E-state index contributed by atoms with van der Waals surface area (Å²) in [6.45, 7) is 3.30. The van der Waals surface area contributed by atoms with E-state index in [4.69, 9.17) is 9.47 Å². The van der Waals surface area contributed by atoms with Gasteiger partial charge < -0.3 is 20.1 Å². The van der Waals surface area contributed by atoms with Gasteiger partial charge in [0.15, 0.2) is 12.2 Å². The molecule has 0 saturated carbocycles. The fourth-order valence-electron chi connectivity index (χ4n) is 2.54. The van der Waals surface area contributed by atoms with Crippen LogP contribution >= 0.6 is 0 Å². The second-order valence-electron chi connectivity index (χ2n) is 6.53. The highest BCUT2D eigenvalue weighted by atomic mass is 16.5. The van der Waals surface area contributed by atoms with Crippen LogP contribution < -0.4 is 20.1 Å². The number of ether oxygens (including phenoxy) is 2. The van der Waals surface area contributed by atoms with Gasteiger partial charge in [-0.05, 0) is 50.2 Å². The monoisotopic (exact) mass is 405 g/mol. The smallest absolute Gasteiger partial charge is 0.266 e. The van der Waals surface area contributed by atoms with E-state index >= 15 is 0 Å². The number of para-hydroxylation sites is 2. The number of pyridine rings is 1. The van der Waals surface area contributed by atoms with Gasteiger partial charge in [0.25, 0.3) is 11.8 Å². The molecule has 0 spiro atoms. The third kappa shape index (κ3) is 6.07. The molecule has 0 unspecified atom stereocenters. The molecule has 30 heavy (non-hydrogen) atoms. The summed E-state index contributed by atoms with van der Waals surface area (Å²) < 4.78 is 11.2. The van der Waals surface area contributed by atoms with Crippen molar-refractivity contribution in [3.05, 3.63) is 78.9 Å². The third-order valence-electron chi connectivity index (χ3n) is 4.10. The van der Waals surface area contributed by atoms with Crippen LogP contribution in [0.25, 0.3) is 0 Å². The van der Waals surface area contributed by atoms with Crippen molar-refractivity contribution in [3.8, 4) is 11.5 Å². The van der Waals surface area contributed by atoms with Gasteiger partial charge >= 0.3 is 0 Å². The number of carbonyl (C=O) groups excluding carboxylic acids is 2.